The minimum atomic E-state index is -0.228. The second-order valence-corrected chi connectivity index (χ2v) is 5.16. The van der Waals surface area contributed by atoms with Gasteiger partial charge in [-0.15, -0.1) is 0 Å². The normalized spacial score (nSPS) is 9.87. The van der Waals surface area contributed by atoms with Gasteiger partial charge in [0.15, 0.2) is 0 Å². The Hall–Kier alpha value is -2.80. The molecule has 4 nitrogen and oxygen atoms in total. The van der Waals surface area contributed by atoms with E-state index in [-0.39, 0.29) is 12.3 Å². The molecule has 0 aliphatic rings. The first-order valence-electron chi connectivity index (χ1n) is 7.67. The molecule has 0 aliphatic heterocycles. The third-order valence-corrected chi connectivity index (χ3v) is 3.40. The molecule has 118 valence electrons. The first kappa shape index (κ1) is 16.6. The molecule has 0 spiro atoms. The summed E-state index contributed by atoms with van der Waals surface area (Å²) in [6.07, 6.45) is 1.53. The lowest BCUT2D eigenvalue weighted by Crippen LogP contribution is -2.24. The third kappa shape index (κ3) is 6.23. The van der Waals surface area contributed by atoms with Gasteiger partial charge in [0.25, 0.3) is 0 Å². The van der Waals surface area contributed by atoms with Crippen LogP contribution in [0.3, 0.4) is 0 Å². The number of carbonyl (C=O) groups is 1. The number of hydrogen-bond donors (Lipinski definition) is 1. The molecule has 0 unspecified atom stereocenters. The van der Waals surface area contributed by atoms with Crippen LogP contribution in [0.4, 0.5) is 0 Å². The molecule has 23 heavy (non-hydrogen) atoms. The second-order valence-electron chi connectivity index (χ2n) is 5.16. The number of hydrogen-bond acceptors (Lipinski definition) is 3. The zero-order valence-corrected chi connectivity index (χ0v) is 13.0. The van der Waals surface area contributed by atoms with Crippen molar-refractivity contribution in [3.05, 3.63) is 65.7 Å². The number of nitrogens with zero attached hydrogens (tertiary/aromatic N) is 1. The Bertz CT molecular complexity index is 645. The summed E-state index contributed by atoms with van der Waals surface area (Å²) in [5.41, 5.74) is 2.38. The number of ether oxygens (including phenoxy) is 1. The maximum absolute atomic E-state index is 11.2. The molecule has 0 aromatic heterocycles. The van der Waals surface area contributed by atoms with Crippen molar-refractivity contribution in [3.63, 3.8) is 0 Å². The average molecular weight is 308 g/mol. The predicted octanol–water partition coefficient (Wildman–Crippen LogP) is 2.88. The molecule has 0 bridgehead atoms. The molecule has 0 atom stereocenters. The van der Waals surface area contributed by atoms with Crippen molar-refractivity contribution >= 4 is 5.91 Å². The minimum Gasteiger partial charge on any atom is -0.493 e. The summed E-state index contributed by atoms with van der Waals surface area (Å²) in [6.45, 7) is 1.18. The van der Waals surface area contributed by atoms with Gasteiger partial charge in [0.2, 0.25) is 5.91 Å². The van der Waals surface area contributed by atoms with E-state index < -0.39 is 0 Å². The predicted molar refractivity (Wildman–Crippen MR) is 89.0 cm³/mol. The third-order valence-electron chi connectivity index (χ3n) is 3.40. The van der Waals surface area contributed by atoms with Gasteiger partial charge >= 0.3 is 0 Å². The highest BCUT2D eigenvalue weighted by atomic mass is 16.5. The highest BCUT2D eigenvalue weighted by Gasteiger charge is 2.00. The van der Waals surface area contributed by atoms with Crippen LogP contribution in [0.5, 0.6) is 5.75 Å². The van der Waals surface area contributed by atoms with Gasteiger partial charge in [-0.25, -0.2) is 0 Å². The summed E-state index contributed by atoms with van der Waals surface area (Å²) in [5.74, 6) is 0.617. The fourth-order valence-corrected chi connectivity index (χ4v) is 2.16. The Labute approximate surface area is 136 Å². The molecule has 0 fully saturated rings. The molecule has 0 radical (unpaired) electrons. The lowest BCUT2D eigenvalue weighted by Gasteiger charge is -2.08. The molecule has 0 aliphatic carbocycles. The monoisotopic (exact) mass is 308 g/mol. The van der Waals surface area contributed by atoms with Crippen LogP contribution in [-0.2, 0) is 17.6 Å². The van der Waals surface area contributed by atoms with Crippen LogP contribution in [0, 0.1) is 11.3 Å². The second kappa shape index (κ2) is 9.26. The first-order chi connectivity index (χ1) is 11.3. The number of nitrogens with one attached hydrogen (secondary N) is 1. The Morgan fingerprint density at radius 2 is 1.70 bits per heavy atom. The van der Waals surface area contributed by atoms with E-state index in [1.165, 1.54) is 5.56 Å². The van der Waals surface area contributed by atoms with E-state index in [1.54, 1.807) is 0 Å². The maximum atomic E-state index is 11.2. The van der Waals surface area contributed by atoms with Crippen LogP contribution in [0.1, 0.15) is 17.5 Å². The zero-order chi connectivity index (χ0) is 16.3. The SMILES string of the molecule is N#CCC(=O)NCCc1ccc(OCCc2ccccc2)cc1. The van der Waals surface area contributed by atoms with Crippen molar-refractivity contribution in [2.45, 2.75) is 19.3 Å². The summed E-state index contributed by atoms with van der Waals surface area (Å²) >= 11 is 0. The molecule has 0 saturated carbocycles. The largest absolute Gasteiger partial charge is 0.493 e. The van der Waals surface area contributed by atoms with Crippen molar-refractivity contribution in [1.29, 1.82) is 5.26 Å². The van der Waals surface area contributed by atoms with Gasteiger partial charge in [0, 0.05) is 13.0 Å². The van der Waals surface area contributed by atoms with Crippen molar-refractivity contribution in [2.75, 3.05) is 13.2 Å². The number of benzene rings is 2. The molecule has 0 heterocycles. The molecular weight excluding hydrogens is 288 g/mol. The smallest absolute Gasteiger partial charge is 0.234 e. The Morgan fingerprint density at radius 3 is 2.39 bits per heavy atom. The van der Waals surface area contributed by atoms with E-state index in [0.29, 0.717) is 13.2 Å². The van der Waals surface area contributed by atoms with Gasteiger partial charge in [0.05, 0.1) is 12.7 Å². The van der Waals surface area contributed by atoms with Crippen LogP contribution < -0.4 is 10.1 Å². The standard InChI is InChI=1S/C19H20N2O2/c20-13-10-19(22)21-14-11-17-6-8-18(9-7-17)23-15-12-16-4-2-1-3-5-16/h1-9H,10-12,14-15H2,(H,21,22). The van der Waals surface area contributed by atoms with E-state index in [2.05, 4.69) is 17.4 Å². The van der Waals surface area contributed by atoms with Crippen molar-refractivity contribution < 1.29 is 9.53 Å². The van der Waals surface area contributed by atoms with E-state index in [9.17, 15) is 4.79 Å². The Morgan fingerprint density at radius 1 is 1.00 bits per heavy atom. The molecule has 2 aromatic carbocycles. The number of amides is 1. The summed E-state index contributed by atoms with van der Waals surface area (Å²) in [4.78, 5) is 11.2. The number of nitriles is 1. The lowest BCUT2D eigenvalue weighted by molar-refractivity contribution is -0.120. The number of carbonyl (C=O) groups excluding carboxylic acids is 1. The minimum absolute atomic E-state index is 0.0891. The summed E-state index contributed by atoms with van der Waals surface area (Å²) in [7, 11) is 0. The summed E-state index contributed by atoms with van der Waals surface area (Å²) < 4.78 is 5.73. The van der Waals surface area contributed by atoms with E-state index in [0.717, 1.165) is 24.2 Å². The van der Waals surface area contributed by atoms with Crippen molar-refractivity contribution in [1.82, 2.24) is 5.32 Å². The van der Waals surface area contributed by atoms with Crippen LogP contribution >= 0.6 is 0 Å². The van der Waals surface area contributed by atoms with Gasteiger partial charge in [-0.1, -0.05) is 42.5 Å². The van der Waals surface area contributed by atoms with Crippen LogP contribution in [-0.4, -0.2) is 19.1 Å². The fraction of sp³-hybridized carbons (Fsp3) is 0.263. The van der Waals surface area contributed by atoms with E-state index in [1.807, 2.05) is 48.5 Å². The van der Waals surface area contributed by atoms with Gasteiger partial charge in [-0.2, -0.15) is 5.26 Å². The van der Waals surface area contributed by atoms with E-state index >= 15 is 0 Å². The molecular formula is C19H20N2O2. The fourth-order valence-electron chi connectivity index (χ4n) is 2.16. The summed E-state index contributed by atoms with van der Waals surface area (Å²) in [5, 5.41) is 11.1. The Kier molecular flexibility index (Phi) is 6.67. The van der Waals surface area contributed by atoms with Gasteiger partial charge in [0.1, 0.15) is 12.2 Å². The molecule has 0 saturated heterocycles. The van der Waals surface area contributed by atoms with Crippen LogP contribution in [0.15, 0.2) is 54.6 Å². The highest BCUT2D eigenvalue weighted by Crippen LogP contribution is 2.13. The highest BCUT2D eigenvalue weighted by molar-refractivity contribution is 5.77. The number of rotatable bonds is 8. The quantitative estimate of drug-likeness (QED) is 0.815. The van der Waals surface area contributed by atoms with E-state index in [4.69, 9.17) is 10.00 Å². The first-order valence-corrected chi connectivity index (χ1v) is 7.67. The van der Waals surface area contributed by atoms with Crippen LogP contribution in [0.2, 0.25) is 0 Å². The summed E-state index contributed by atoms with van der Waals surface area (Å²) in [6, 6.07) is 19.9. The van der Waals surface area contributed by atoms with Crippen molar-refractivity contribution in [2.24, 2.45) is 0 Å². The Balaban J connectivity index is 1.70. The molecule has 1 amide bonds. The van der Waals surface area contributed by atoms with Gasteiger partial charge < -0.3 is 10.1 Å². The van der Waals surface area contributed by atoms with Crippen molar-refractivity contribution in [3.8, 4) is 11.8 Å². The molecule has 1 N–H and O–H groups in total. The van der Waals surface area contributed by atoms with Gasteiger partial charge in [-0.05, 0) is 29.7 Å². The van der Waals surface area contributed by atoms with Crippen LogP contribution in [0.25, 0.3) is 0 Å². The molecule has 2 rings (SSSR count). The van der Waals surface area contributed by atoms with Gasteiger partial charge in [-0.3, -0.25) is 4.79 Å². The average Bonchev–Trinajstić information content (AvgIpc) is 2.57. The lowest BCUT2D eigenvalue weighted by atomic mass is 10.1. The maximum Gasteiger partial charge on any atom is 0.234 e. The molecule has 2 aromatic rings. The topological polar surface area (TPSA) is 62.1 Å². The molecule has 4 heteroatoms. The zero-order valence-electron chi connectivity index (χ0n) is 13.0.